The molecular weight excluding hydrogens is 612 g/mol. The van der Waals surface area contributed by atoms with Gasteiger partial charge in [-0.05, 0) is 61.0 Å². The van der Waals surface area contributed by atoms with Crippen molar-refractivity contribution in [3.05, 3.63) is 94.0 Å². The molecule has 0 unspecified atom stereocenters. The molecule has 3 aromatic carbocycles. The van der Waals surface area contributed by atoms with Gasteiger partial charge in [-0.3, -0.25) is 9.59 Å². The Morgan fingerprint density at radius 3 is 1.79 bits per heavy atom. The highest BCUT2D eigenvalue weighted by Crippen LogP contribution is 2.47. The van der Waals surface area contributed by atoms with Gasteiger partial charge in [-0.1, -0.05) is 19.9 Å². The summed E-state index contributed by atoms with van der Waals surface area (Å²) in [4.78, 5) is 24.9. The number of hydrogen-bond donors (Lipinski definition) is 2. The molecule has 2 amide bonds. The molecule has 2 N–H and O–H groups in total. The van der Waals surface area contributed by atoms with Crippen LogP contribution >= 0.6 is 0 Å². The van der Waals surface area contributed by atoms with E-state index < -0.39 is 88.3 Å². The second-order valence-electron chi connectivity index (χ2n) is 7.97. The van der Waals surface area contributed by atoms with E-state index in [9.17, 15) is 62.3 Å². The molecule has 3 rings (SSSR count). The van der Waals surface area contributed by atoms with Crippen LogP contribution in [0.5, 0.6) is 0 Å². The average Bonchev–Trinajstić information content (AvgIpc) is 2.91. The standard InChI is InChI=1S/C24H14F10N2O2.C2H6.CH2F2/c1-11-9-13(22(27,28)24(32,33)34)10-16(23(29,30)31)19(11)36-21(38)15-3-2-4-17(18(15)26)35-20(37)12-5-7-14(25)8-6-12;1-2;2-1-3/h2-10H,1H3,(H,35,37)(H,36,38);1-2H3;1H2. The van der Waals surface area contributed by atoms with Crippen molar-refractivity contribution in [3.63, 3.8) is 0 Å². The van der Waals surface area contributed by atoms with Crippen LogP contribution in [0.3, 0.4) is 0 Å². The van der Waals surface area contributed by atoms with Crippen molar-refractivity contribution in [2.24, 2.45) is 0 Å². The van der Waals surface area contributed by atoms with E-state index in [1.807, 2.05) is 13.8 Å². The summed E-state index contributed by atoms with van der Waals surface area (Å²) < 4.78 is 154. The lowest BCUT2D eigenvalue weighted by Crippen LogP contribution is -2.34. The lowest BCUT2D eigenvalue weighted by atomic mass is 9.98. The number of benzene rings is 3. The molecule has 0 aliphatic carbocycles. The second-order valence-corrected chi connectivity index (χ2v) is 7.97. The molecule has 16 heteroatoms. The fourth-order valence-corrected chi connectivity index (χ4v) is 3.30. The van der Waals surface area contributed by atoms with E-state index in [4.69, 9.17) is 0 Å². The molecule has 236 valence electrons. The van der Waals surface area contributed by atoms with Gasteiger partial charge in [0.2, 0.25) is 6.93 Å². The van der Waals surface area contributed by atoms with E-state index >= 15 is 0 Å². The first-order chi connectivity index (χ1) is 19.8. The van der Waals surface area contributed by atoms with Crippen molar-refractivity contribution in [1.82, 2.24) is 0 Å². The molecule has 0 saturated heterocycles. The summed E-state index contributed by atoms with van der Waals surface area (Å²) in [5.74, 6) is -10.1. The summed E-state index contributed by atoms with van der Waals surface area (Å²) in [5.41, 5.74) is -7.59. The van der Waals surface area contributed by atoms with Gasteiger partial charge in [0.05, 0.1) is 22.5 Å². The van der Waals surface area contributed by atoms with Crippen LogP contribution in [0.2, 0.25) is 0 Å². The topological polar surface area (TPSA) is 58.2 Å². The number of anilines is 2. The third-order valence-corrected chi connectivity index (χ3v) is 5.20. The van der Waals surface area contributed by atoms with Crippen molar-refractivity contribution in [3.8, 4) is 0 Å². The highest BCUT2D eigenvalue weighted by Gasteiger charge is 2.59. The highest BCUT2D eigenvalue weighted by molar-refractivity contribution is 6.08. The Bertz CT molecular complexity index is 1400. The van der Waals surface area contributed by atoms with E-state index in [0.717, 1.165) is 49.4 Å². The van der Waals surface area contributed by atoms with Gasteiger partial charge >= 0.3 is 18.3 Å². The Morgan fingerprint density at radius 1 is 0.767 bits per heavy atom. The fraction of sp³-hybridized carbons (Fsp3) is 0.259. The molecule has 43 heavy (non-hydrogen) atoms. The monoisotopic (exact) mass is 634 g/mol. The van der Waals surface area contributed by atoms with Crippen molar-refractivity contribution < 1.29 is 62.3 Å². The van der Waals surface area contributed by atoms with Crippen LogP contribution in [-0.4, -0.2) is 24.9 Å². The number of aryl methyl sites for hydroxylation is 1. The maximum atomic E-state index is 15.0. The highest BCUT2D eigenvalue weighted by atomic mass is 19.4. The summed E-state index contributed by atoms with van der Waals surface area (Å²) in [6.07, 6.45) is -11.7. The molecule has 0 radical (unpaired) electrons. The van der Waals surface area contributed by atoms with E-state index in [1.165, 1.54) is 0 Å². The van der Waals surface area contributed by atoms with Crippen molar-refractivity contribution in [1.29, 1.82) is 0 Å². The molecule has 0 aromatic heterocycles. The number of amides is 2. The zero-order chi connectivity index (χ0) is 33.3. The quantitative estimate of drug-likeness (QED) is 0.275. The predicted molar refractivity (Wildman–Crippen MR) is 133 cm³/mol. The van der Waals surface area contributed by atoms with Crippen LogP contribution in [0, 0.1) is 18.6 Å². The van der Waals surface area contributed by atoms with Gasteiger partial charge < -0.3 is 10.6 Å². The normalized spacial score (nSPS) is 11.4. The largest absolute Gasteiger partial charge is 0.458 e. The van der Waals surface area contributed by atoms with Gasteiger partial charge in [0.15, 0.2) is 5.82 Å². The molecule has 0 spiro atoms. The van der Waals surface area contributed by atoms with Gasteiger partial charge in [0.1, 0.15) is 5.82 Å². The van der Waals surface area contributed by atoms with E-state index in [1.54, 1.807) is 5.32 Å². The number of carbonyl (C=O) groups is 2. The lowest BCUT2D eigenvalue weighted by molar-refractivity contribution is -0.289. The van der Waals surface area contributed by atoms with Crippen LogP contribution in [-0.2, 0) is 12.1 Å². The smallest absolute Gasteiger partial charge is 0.321 e. The molecule has 0 atom stereocenters. The first-order valence-electron chi connectivity index (χ1n) is 11.8. The Balaban J connectivity index is 0.00000174. The third kappa shape index (κ3) is 9.12. The first-order valence-corrected chi connectivity index (χ1v) is 11.8. The van der Waals surface area contributed by atoms with Crippen LogP contribution in [0.25, 0.3) is 0 Å². The van der Waals surface area contributed by atoms with Crippen molar-refractivity contribution in [2.75, 3.05) is 17.6 Å². The molecular formula is C27H22F12N2O2. The third-order valence-electron chi connectivity index (χ3n) is 5.20. The summed E-state index contributed by atoms with van der Waals surface area (Å²) in [6.45, 7) is 3.00. The van der Waals surface area contributed by atoms with E-state index in [0.29, 0.717) is 0 Å². The van der Waals surface area contributed by atoms with Gasteiger partial charge in [-0.2, -0.15) is 35.1 Å². The molecule has 0 heterocycles. The zero-order valence-corrected chi connectivity index (χ0v) is 22.3. The summed E-state index contributed by atoms with van der Waals surface area (Å²) >= 11 is 0. The average molecular weight is 634 g/mol. The van der Waals surface area contributed by atoms with Crippen LogP contribution in [0.15, 0.2) is 54.6 Å². The van der Waals surface area contributed by atoms with Crippen LogP contribution in [0.4, 0.5) is 64.1 Å². The van der Waals surface area contributed by atoms with Crippen molar-refractivity contribution in [2.45, 2.75) is 39.0 Å². The second kappa shape index (κ2) is 14.8. The van der Waals surface area contributed by atoms with E-state index in [2.05, 4.69) is 5.32 Å². The Morgan fingerprint density at radius 2 is 1.30 bits per heavy atom. The SMILES string of the molecule is CC.Cc1cc(C(F)(F)C(F)(F)F)cc(C(F)(F)F)c1NC(=O)c1cccc(NC(=O)c2ccc(F)cc2)c1F.FCF. The predicted octanol–water partition coefficient (Wildman–Crippen LogP) is 9.36. The molecule has 0 saturated carbocycles. The molecule has 0 aliphatic rings. The lowest BCUT2D eigenvalue weighted by Gasteiger charge is -2.24. The molecule has 0 bridgehead atoms. The maximum Gasteiger partial charge on any atom is 0.458 e. The van der Waals surface area contributed by atoms with Crippen molar-refractivity contribution >= 4 is 23.2 Å². The summed E-state index contributed by atoms with van der Waals surface area (Å²) in [6, 6.07) is 6.61. The van der Waals surface area contributed by atoms with Gasteiger partial charge in [-0.15, -0.1) is 0 Å². The summed E-state index contributed by atoms with van der Waals surface area (Å²) in [5, 5.41) is 3.80. The van der Waals surface area contributed by atoms with Gasteiger partial charge in [0.25, 0.3) is 11.8 Å². The number of nitrogens with one attached hydrogen (secondary N) is 2. The Hall–Kier alpha value is -4.24. The molecule has 4 nitrogen and oxygen atoms in total. The van der Waals surface area contributed by atoms with E-state index in [-0.39, 0.29) is 11.6 Å². The number of carbonyl (C=O) groups excluding carboxylic acids is 2. The zero-order valence-electron chi connectivity index (χ0n) is 22.3. The molecule has 3 aromatic rings. The van der Waals surface area contributed by atoms with Gasteiger partial charge in [0, 0.05) is 11.1 Å². The molecule has 0 aliphatic heterocycles. The minimum atomic E-state index is -6.20. The van der Waals surface area contributed by atoms with Gasteiger partial charge in [-0.25, -0.2) is 17.6 Å². The minimum absolute atomic E-state index is 0.0955. The Kier molecular flexibility index (Phi) is 12.6. The number of rotatable bonds is 5. The molecule has 0 fully saturated rings. The summed E-state index contributed by atoms with van der Waals surface area (Å²) in [7, 11) is 0. The Labute approximate surface area is 236 Å². The number of alkyl halides is 10. The first kappa shape index (κ1) is 36.8. The minimum Gasteiger partial charge on any atom is -0.321 e. The fourth-order valence-electron chi connectivity index (χ4n) is 3.30. The van der Waals surface area contributed by atoms with Crippen LogP contribution < -0.4 is 10.6 Å². The number of halogens is 12. The van der Waals surface area contributed by atoms with Crippen LogP contribution in [0.1, 0.15) is 51.3 Å². The maximum absolute atomic E-state index is 15.0. The number of hydrogen-bond acceptors (Lipinski definition) is 2.